The highest BCUT2D eigenvalue weighted by Crippen LogP contribution is 2.31. The summed E-state index contributed by atoms with van der Waals surface area (Å²) in [6, 6.07) is 8.64. The second-order valence-electron chi connectivity index (χ2n) is 4.43. The van der Waals surface area contributed by atoms with Gasteiger partial charge in [0, 0.05) is 17.2 Å². The fraction of sp³-hybridized carbons (Fsp3) is 0.125. The Hall–Kier alpha value is -2.41. The Morgan fingerprint density at radius 1 is 1.17 bits per heavy atom. The third kappa shape index (κ3) is 4.29. The van der Waals surface area contributed by atoms with E-state index in [0.717, 1.165) is 4.47 Å². The molecule has 0 atom stereocenters. The molecule has 0 saturated heterocycles. The van der Waals surface area contributed by atoms with Crippen molar-refractivity contribution in [2.24, 2.45) is 5.10 Å². The molecule has 0 unspecified atom stereocenters. The first kappa shape index (κ1) is 17.0. The smallest absolute Gasteiger partial charge is 0.271 e. The first-order valence-corrected chi connectivity index (χ1v) is 7.35. The van der Waals surface area contributed by atoms with E-state index < -0.39 is 11.7 Å². The van der Waals surface area contributed by atoms with Gasteiger partial charge < -0.3 is 9.47 Å². The van der Waals surface area contributed by atoms with Gasteiger partial charge in [0.1, 0.15) is 17.3 Å². The van der Waals surface area contributed by atoms with Crippen LogP contribution in [0, 0.1) is 5.82 Å². The van der Waals surface area contributed by atoms with Crippen molar-refractivity contribution in [1.29, 1.82) is 0 Å². The molecule has 0 aromatic heterocycles. The number of hydrogen-bond donors (Lipinski definition) is 1. The molecule has 2 aromatic carbocycles. The largest absolute Gasteiger partial charge is 0.496 e. The summed E-state index contributed by atoms with van der Waals surface area (Å²) < 4.78 is 24.0. The van der Waals surface area contributed by atoms with Crippen molar-refractivity contribution in [2.45, 2.75) is 0 Å². The maximum atomic E-state index is 12.8. The first-order chi connectivity index (χ1) is 11.0. The van der Waals surface area contributed by atoms with Crippen LogP contribution < -0.4 is 14.9 Å². The average molecular weight is 381 g/mol. The Morgan fingerprint density at radius 3 is 2.43 bits per heavy atom. The maximum Gasteiger partial charge on any atom is 0.271 e. The van der Waals surface area contributed by atoms with Crippen LogP contribution in [0.2, 0.25) is 0 Å². The summed E-state index contributed by atoms with van der Waals surface area (Å²) >= 11 is 3.37. The van der Waals surface area contributed by atoms with Crippen LogP contribution in [0.3, 0.4) is 0 Å². The normalized spacial score (nSPS) is 10.6. The van der Waals surface area contributed by atoms with Gasteiger partial charge in [0.2, 0.25) is 0 Å². The third-order valence-electron chi connectivity index (χ3n) is 2.98. The van der Waals surface area contributed by atoms with Gasteiger partial charge >= 0.3 is 0 Å². The number of halogens is 2. The lowest BCUT2D eigenvalue weighted by Gasteiger charge is -2.09. The minimum atomic E-state index is -0.437. The maximum absolute atomic E-state index is 12.8. The van der Waals surface area contributed by atoms with Crippen LogP contribution in [-0.2, 0) is 0 Å². The molecule has 0 saturated carbocycles. The Bertz CT molecular complexity index is 733. The number of hydrogen-bond acceptors (Lipinski definition) is 4. The van der Waals surface area contributed by atoms with Crippen molar-refractivity contribution in [1.82, 2.24) is 5.43 Å². The molecule has 2 rings (SSSR count). The molecule has 7 heteroatoms. The van der Waals surface area contributed by atoms with E-state index in [-0.39, 0.29) is 0 Å². The molecule has 0 radical (unpaired) electrons. The van der Waals surface area contributed by atoms with Gasteiger partial charge in [-0.15, -0.1) is 0 Å². The molecule has 0 bridgehead atoms. The van der Waals surface area contributed by atoms with Crippen LogP contribution in [-0.4, -0.2) is 26.3 Å². The van der Waals surface area contributed by atoms with Gasteiger partial charge in [0.25, 0.3) is 5.91 Å². The third-order valence-corrected chi connectivity index (χ3v) is 3.60. The van der Waals surface area contributed by atoms with Crippen molar-refractivity contribution in [3.05, 3.63) is 57.8 Å². The highest BCUT2D eigenvalue weighted by molar-refractivity contribution is 9.10. The van der Waals surface area contributed by atoms with Gasteiger partial charge in [-0.05, 0) is 46.3 Å². The van der Waals surface area contributed by atoms with Crippen molar-refractivity contribution in [3.8, 4) is 11.5 Å². The summed E-state index contributed by atoms with van der Waals surface area (Å²) in [6.45, 7) is 0. The van der Waals surface area contributed by atoms with Gasteiger partial charge in [0.15, 0.2) is 0 Å². The quantitative estimate of drug-likeness (QED) is 0.638. The number of nitrogens with zero attached hydrogens (tertiary/aromatic N) is 1. The van der Waals surface area contributed by atoms with E-state index in [1.54, 1.807) is 19.2 Å². The molecule has 0 aliphatic heterocycles. The standard InChI is InChI=1S/C16H14BrFN2O3/c1-22-14-8-15(23-2)13(17)7-11(14)9-19-20-16(21)10-3-5-12(18)6-4-10/h3-9H,1-2H3,(H,20,21)/b19-9+. The topological polar surface area (TPSA) is 59.9 Å². The van der Waals surface area contributed by atoms with Crippen LogP contribution in [0.1, 0.15) is 15.9 Å². The van der Waals surface area contributed by atoms with Crippen molar-refractivity contribution in [3.63, 3.8) is 0 Å². The average Bonchev–Trinajstić information content (AvgIpc) is 2.55. The van der Waals surface area contributed by atoms with Crippen LogP contribution in [0.4, 0.5) is 4.39 Å². The number of nitrogens with one attached hydrogen (secondary N) is 1. The fourth-order valence-corrected chi connectivity index (χ4v) is 2.33. The second-order valence-corrected chi connectivity index (χ2v) is 5.29. The SMILES string of the molecule is COc1cc(OC)c(/C=N/NC(=O)c2ccc(F)cc2)cc1Br. The molecule has 0 aliphatic carbocycles. The van der Waals surface area contributed by atoms with E-state index in [4.69, 9.17) is 9.47 Å². The molecule has 1 N–H and O–H groups in total. The van der Waals surface area contributed by atoms with Crippen molar-refractivity contribution in [2.75, 3.05) is 14.2 Å². The minimum absolute atomic E-state index is 0.312. The molecule has 5 nitrogen and oxygen atoms in total. The lowest BCUT2D eigenvalue weighted by molar-refractivity contribution is 0.0955. The number of carbonyl (C=O) groups excluding carboxylic acids is 1. The number of hydrazone groups is 1. The fourth-order valence-electron chi connectivity index (χ4n) is 1.81. The van der Waals surface area contributed by atoms with Crippen molar-refractivity contribution >= 4 is 28.1 Å². The lowest BCUT2D eigenvalue weighted by Crippen LogP contribution is -2.17. The van der Waals surface area contributed by atoms with Crippen molar-refractivity contribution < 1.29 is 18.7 Å². The van der Waals surface area contributed by atoms with E-state index in [1.165, 1.54) is 37.6 Å². The van der Waals surface area contributed by atoms with Gasteiger partial charge in [-0.2, -0.15) is 5.10 Å². The molecule has 2 aromatic rings. The van der Waals surface area contributed by atoms with E-state index in [0.29, 0.717) is 22.6 Å². The molecular formula is C16H14BrFN2O3. The lowest BCUT2D eigenvalue weighted by atomic mass is 10.2. The number of ether oxygens (including phenoxy) is 2. The van der Waals surface area contributed by atoms with Crippen LogP contribution in [0.15, 0.2) is 46.0 Å². The second kappa shape index (κ2) is 7.73. The number of methoxy groups -OCH3 is 2. The molecule has 0 aliphatic rings. The number of rotatable bonds is 5. The van der Waals surface area contributed by atoms with E-state index in [1.807, 2.05) is 0 Å². The Balaban J connectivity index is 2.12. The summed E-state index contributed by atoms with van der Waals surface area (Å²) in [6.07, 6.45) is 1.45. The van der Waals surface area contributed by atoms with Gasteiger partial charge in [-0.25, -0.2) is 9.82 Å². The molecule has 0 heterocycles. The highest BCUT2D eigenvalue weighted by atomic mass is 79.9. The molecule has 0 spiro atoms. The van der Waals surface area contributed by atoms with E-state index in [9.17, 15) is 9.18 Å². The van der Waals surface area contributed by atoms with Crippen LogP contribution in [0.5, 0.6) is 11.5 Å². The summed E-state index contributed by atoms with van der Waals surface area (Å²) in [4.78, 5) is 11.9. The molecule has 0 fully saturated rings. The van der Waals surface area contributed by atoms with Gasteiger partial charge in [0.05, 0.1) is 24.9 Å². The number of carbonyl (C=O) groups is 1. The Labute approximate surface area is 141 Å². The molecule has 1 amide bonds. The predicted octanol–water partition coefficient (Wildman–Crippen LogP) is 3.37. The first-order valence-electron chi connectivity index (χ1n) is 6.55. The highest BCUT2D eigenvalue weighted by Gasteiger charge is 2.08. The van der Waals surface area contributed by atoms with Gasteiger partial charge in [-0.3, -0.25) is 4.79 Å². The minimum Gasteiger partial charge on any atom is -0.496 e. The summed E-state index contributed by atoms with van der Waals surface area (Å²) in [5.74, 6) is 0.324. The van der Waals surface area contributed by atoms with Crippen LogP contribution >= 0.6 is 15.9 Å². The zero-order valence-corrected chi connectivity index (χ0v) is 14.1. The van der Waals surface area contributed by atoms with E-state index in [2.05, 4.69) is 26.5 Å². The molecular weight excluding hydrogens is 367 g/mol. The van der Waals surface area contributed by atoms with Crippen LogP contribution in [0.25, 0.3) is 0 Å². The Kier molecular flexibility index (Phi) is 5.70. The van der Waals surface area contributed by atoms with Gasteiger partial charge in [-0.1, -0.05) is 0 Å². The zero-order valence-electron chi connectivity index (χ0n) is 12.5. The van der Waals surface area contributed by atoms with E-state index >= 15 is 0 Å². The molecule has 120 valence electrons. The predicted molar refractivity (Wildman–Crippen MR) is 88.7 cm³/mol. The Morgan fingerprint density at radius 2 is 1.83 bits per heavy atom. The number of amides is 1. The monoisotopic (exact) mass is 380 g/mol. The summed E-state index contributed by atoms with van der Waals surface area (Å²) in [7, 11) is 3.08. The summed E-state index contributed by atoms with van der Waals surface area (Å²) in [5, 5.41) is 3.89. The zero-order chi connectivity index (χ0) is 16.8. The number of benzene rings is 2. The summed E-state index contributed by atoms with van der Waals surface area (Å²) in [5.41, 5.74) is 3.34. The molecule has 23 heavy (non-hydrogen) atoms.